The predicted octanol–water partition coefficient (Wildman–Crippen LogP) is 4.75. The van der Waals surface area contributed by atoms with Crippen molar-refractivity contribution in [1.29, 1.82) is 0 Å². The highest BCUT2D eigenvalue weighted by molar-refractivity contribution is 5.95. The second kappa shape index (κ2) is 6.88. The molecule has 0 aliphatic carbocycles. The molecule has 3 heterocycles. The van der Waals surface area contributed by atoms with Crippen LogP contribution in [0.25, 0.3) is 22.2 Å². The minimum atomic E-state index is 0.852. The molecule has 4 nitrogen and oxygen atoms in total. The first-order chi connectivity index (χ1) is 13.4. The van der Waals surface area contributed by atoms with Crippen molar-refractivity contribution < 1.29 is 0 Å². The Labute approximate surface area is 159 Å². The van der Waals surface area contributed by atoms with E-state index in [1.165, 1.54) is 34.9 Å². The molecule has 0 spiro atoms. The average Bonchev–Trinajstić information content (AvgIpc) is 3.38. The molecule has 2 aromatic heterocycles. The largest absolute Gasteiger partial charge is 0.342 e. The Morgan fingerprint density at radius 1 is 0.852 bits per heavy atom. The molecule has 1 saturated heterocycles. The molecule has 0 atom stereocenters. The Hall–Kier alpha value is -3.14. The molecular formula is C23H22N4. The number of rotatable bonds is 4. The van der Waals surface area contributed by atoms with E-state index in [1.807, 2.05) is 12.3 Å². The van der Waals surface area contributed by atoms with Crippen LogP contribution in [0.5, 0.6) is 0 Å². The lowest BCUT2D eigenvalue weighted by molar-refractivity contribution is 0.837. The molecule has 2 aromatic carbocycles. The molecule has 0 bridgehead atoms. The molecule has 0 saturated carbocycles. The molecule has 134 valence electrons. The minimum absolute atomic E-state index is 0.852. The number of nitrogens with zero attached hydrogens (tertiary/aromatic N) is 4. The van der Waals surface area contributed by atoms with Crippen LogP contribution in [0.15, 0.2) is 73.1 Å². The van der Waals surface area contributed by atoms with Crippen molar-refractivity contribution in [3.8, 4) is 11.3 Å². The standard InChI is InChI=1S/C23H22N4/c1-2-8-18(9-3-1)16-27-17-20(19-10-4-5-11-22(19)27)21-12-13-24-23(25-21)26-14-6-7-15-26/h1-5,8-13,17H,6-7,14-16H2. The summed E-state index contributed by atoms with van der Waals surface area (Å²) in [6, 6.07) is 21.2. The summed E-state index contributed by atoms with van der Waals surface area (Å²) < 4.78 is 2.32. The molecule has 0 unspecified atom stereocenters. The predicted molar refractivity (Wildman–Crippen MR) is 110 cm³/mol. The Bertz CT molecular complexity index is 1060. The van der Waals surface area contributed by atoms with E-state index in [2.05, 4.69) is 75.2 Å². The van der Waals surface area contributed by atoms with Crippen LogP contribution in [0.1, 0.15) is 18.4 Å². The van der Waals surface area contributed by atoms with Crippen molar-refractivity contribution in [2.24, 2.45) is 0 Å². The van der Waals surface area contributed by atoms with Crippen molar-refractivity contribution in [2.75, 3.05) is 18.0 Å². The number of hydrogen-bond acceptors (Lipinski definition) is 3. The van der Waals surface area contributed by atoms with Gasteiger partial charge in [0.1, 0.15) is 0 Å². The number of aromatic nitrogens is 3. The van der Waals surface area contributed by atoms with Crippen molar-refractivity contribution in [3.63, 3.8) is 0 Å². The first-order valence-electron chi connectivity index (χ1n) is 9.59. The van der Waals surface area contributed by atoms with Crippen molar-refractivity contribution in [2.45, 2.75) is 19.4 Å². The average molecular weight is 354 g/mol. The maximum Gasteiger partial charge on any atom is 0.225 e. The molecule has 1 aliphatic rings. The molecule has 1 aliphatic heterocycles. The first-order valence-corrected chi connectivity index (χ1v) is 9.59. The summed E-state index contributed by atoms with van der Waals surface area (Å²) >= 11 is 0. The van der Waals surface area contributed by atoms with Gasteiger partial charge in [-0.25, -0.2) is 9.97 Å². The van der Waals surface area contributed by atoms with Gasteiger partial charge in [-0.05, 0) is 30.5 Å². The summed E-state index contributed by atoms with van der Waals surface area (Å²) in [5.74, 6) is 0.852. The number of hydrogen-bond donors (Lipinski definition) is 0. The lowest BCUT2D eigenvalue weighted by atomic mass is 10.1. The molecule has 1 fully saturated rings. The van der Waals surface area contributed by atoms with E-state index in [4.69, 9.17) is 4.98 Å². The van der Waals surface area contributed by atoms with Gasteiger partial charge in [0.2, 0.25) is 5.95 Å². The Morgan fingerprint density at radius 3 is 2.48 bits per heavy atom. The van der Waals surface area contributed by atoms with Gasteiger partial charge in [-0.2, -0.15) is 0 Å². The number of anilines is 1. The Kier molecular flexibility index (Phi) is 4.09. The summed E-state index contributed by atoms with van der Waals surface area (Å²) in [4.78, 5) is 11.7. The summed E-state index contributed by atoms with van der Waals surface area (Å²) in [5, 5.41) is 1.24. The lowest BCUT2D eigenvalue weighted by Gasteiger charge is -2.15. The van der Waals surface area contributed by atoms with Gasteiger partial charge in [0.25, 0.3) is 0 Å². The third-order valence-electron chi connectivity index (χ3n) is 5.29. The van der Waals surface area contributed by atoms with Gasteiger partial charge in [0.15, 0.2) is 0 Å². The third kappa shape index (κ3) is 3.08. The Morgan fingerprint density at radius 2 is 1.63 bits per heavy atom. The highest BCUT2D eigenvalue weighted by Crippen LogP contribution is 2.31. The van der Waals surface area contributed by atoms with E-state index in [1.54, 1.807) is 0 Å². The van der Waals surface area contributed by atoms with Crippen LogP contribution in [0, 0.1) is 0 Å². The number of benzene rings is 2. The van der Waals surface area contributed by atoms with Crippen molar-refractivity contribution in [1.82, 2.24) is 14.5 Å². The zero-order valence-electron chi connectivity index (χ0n) is 15.3. The Balaban J connectivity index is 1.58. The second-order valence-electron chi connectivity index (χ2n) is 7.11. The zero-order chi connectivity index (χ0) is 18.1. The van der Waals surface area contributed by atoms with E-state index in [0.717, 1.165) is 31.3 Å². The van der Waals surface area contributed by atoms with E-state index in [9.17, 15) is 0 Å². The summed E-state index contributed by atoms with van der Waals surface area (Å²) in [6.45, 7) is 2.96. The maximum absolute atomic E-state index is 4.90. The van der Waals surface area contributed by atoms with Crippen LogP contribution in [0.2, 0.25) is 0 Å². The molecule has 5 rings (SSSR count). The van der Waals surface area contributed by atoms with Crippen molar-refractivity contribution >= 4 is 16.9 Å². The van der Waals surface area contributed by atoms with Gasteiger partial charge in [-0.15, -0.1) is 0 Å². The molecule has 4 heteroatoms. The minimum Gasteiger partial charge on any atom is -0.342 e. The SMILES string of the molecule is c1ccc(Cn2cc(-c3ccnc(N4CCCC4)n3)c3ccccc32)cc1. The van der Waals surface area contributed by atoms with Crippen LogP contribution in [-0.2, 0) is 6.54 Å². The molecule has 0 amide bonds. The fraction of sp³-hybridized carbons (Fsp3) is 0.217. The van der Waals surface area contributed by atoms with Crippen LogP contribution in [0.3, 0.4) is 0 Å². The number of para-hydroxylation sites is 1. The normalized spacial score (nSPS) is 14.1. The zero-order valence-corrected chi connectivity index (χ0v) is 15.3. The van der Waals surface area contributed by atoms with Crippen LogP contribution in [0.4, 0.5) is 5.95 Å². The highest BCUT2D eigenvalue weighted by atomic mass is 15.3. The van der Waals surface area contributed by atoms with Gasteiger partial charge in [-0.3, -0.25) is 0 Å². The molecule has 0 N–H and O–H groups in total. The van der Waals surface area contributed by atoms with Crippen molar-refractivity contribution in [3.05, 3.63) is 78.6 Å². The van der Waals surface area contributed by atoms with Crippen LogP contribution in [-0.4, -0.2) is 27.6 Å². The number of fused-ring (bicyclic) bond motifs is 1. The van der Waals surface area contributed by atoms with Gasteiger partial charge in [0.05, 0.1) is 5.69 Å². The van der Waals surface area contributed by atoms with Crippen LogP contribution >= 0.6 is 0 Å². The summed E-state index contributed by atoms with van der Waals surface area (Å²) in [6.07, 6.45) is 6.57. The maximum atomic E-state index is 4.90. The van der Waals surface area contributed by atoms with E-state index >= 15 is 0 Å². The third-order valence-corrected chi connectivity index (χ3v) is 5.29. The van der Waals surface area contributed by atoms with E-state index < -0.39 is 0 Å². The summed E-state index contributed by atoms with van der Waals surface area (Å²) in [5.41, 5.74) is 4.70. The highest BCUT2D eigenvalue weighted by Gasteiger charge is 2.17. The lowest BCUT2D eigenvalue weighted by Crippen LogP contribution is -2.20. The fourth-order valence-electron chi connectivity index (χ4n) is 3.93. The molecule has 4 aromatic rings. The first kappa shape index (κ1) is 16.1. The van der Waals surface area contributed by atoms with Gasteiger partial charge >= 0.3 is 0 Å². The van der Waals surface area contributed by atoms with Gasteiger partial charge in [-0.1, -0.05) is 48.5 Å². The fourth-order valence-corrected chi connectivity index (χ4v) is 3.93. The topological polar surface area (TPSA) is 34.0 Å². The molecule has 0 radical (unpaired) electrons. The smallest absolute Gasteiger partial charge is 0.225 e. The van der Waals surface area contributed by atoms with E-state index in [0.29, 0.717) is 0 Å². The van der Waals surface area contributed by atoms with Gasteiger partial charge < -0.3 is 9.47 Å². The van der Waals surface area contributed by atoms with Crippen LogP contribution < -0.4 is 4.90 Å². The quantitative estimate of drug-likeness (QED) is 0.530. The monoisotopic (exact) mass is 354 g/mol. The van der Waals surface area contributed by atoms with E-state index in [-0.39, 0.29) is 0 Å². The summed E-state index contributed by atoms with van der Waals surface area (Å²) in [7, 11) is 0. The second-order valence-corrected chi connectivity index (χ2v) is 7.11. The molecular weight excluding hydrogens is 332 g/mol. The van der Waals surface area contributed by atoms with Gasteiger partial charge in [0, 0.05) is 48.5 Å². The molecule has 27 heavy (non-hydrogen) atoms.